The van der Waals surface area contributed by atoms with Gasteiger partial charge in [0.1, 0.15) is 0 Å². The van der Waals surface area contributed by atoms with Crippen molar-refractivity contribution in [2.45, 2.75) is 14.6 Å². The van der Waals surface area contributed by atoms with Crippen molar-refractivity contribution < 1.29 is 14.0 Å². The van der Waals surface area contributed by atoms with Crippen molar-refractivity contribution >= 4 is 62.8 Å². The second kappa shape index (κ2) is 13.1. The number of hydrogen-bond acceptors (Lipinski definition) is 3. The highest BCUT2D eigenvalue weighted by Crippen LogP contribution is 2.41. The number of benzene rings is 3. The van der Waals surface area contributed by atoms with Crippen LogP contribution in [0.4, 0.5) is 14.9 Å². The van der Waals surface area contributed by atoms with Crippen LogP contribution in [0.25, 0.3) is 11.1 Å². The second-order valence-corrected chi connectivity index (χ2v) is 13.5. The summed E-state index contributed by atoms with van der Waals surface area (Å²) in [6.45, 7) is 0.705. The molecule has 0 radical (unpaired) electrons. The zero-order chi connectivity index (χ0) is 27.0. The van der Waals surface area contributed by atoms with Gasteiger partial charge in [-0.05, 0) is 92.2 Å². The SMILES string of the molecule is O=C(NCc1ccccc1-c1ccccc1C(=O)NCCc1ccccn1)Nc1cccc(C(F)(I)I)c1. The van der Waals surface area contributed by atoms with Crippen molar-refractivity contribution in [2.24, 2.45) is 0 Å². The molecule has 1 aromatic heterocycles. The lowest BCUT2D eigenvalue weighted by molar-refractivity contribution is 0.0954. The molecule has 3 amide bonds. The van der Waals surface area contributed by atoms with Gasteiger partial charge in [0.25, 0.3) is 5.91 Å². The third-order valence-corrected chi connectivity index (χ3v) is 7.00. The van der Waals surface area contributed by atoms with Crippen LogP contribution in [0.5, 0.6) is 0 Å². The summed E-state index contributed by atoms with van der Waals surface area (Å²) in [5.41, 5.74) is 4.89. The Hall–Kier alpha value is -3.06. The highest BCUT2D eigenvalue weighted by molar-refractivity contribution is 14.2. The van der Waals surface area contributed by atoms with Crippen LogP contribution in [0.1, 0.15) is 27.2 Å². The molecule has 0 spiro atoms. The largest absolute Gasteiger partial charge is 0.352 e. The van der Waals surface area contributed by atoms with E-state index in [4.69, 9.17) is 0 Å². The van der Waals surface area contributed by atoms with Crippen LogP contribution in [0.15, 0.2) is 97.2 Å². The highest BCUT2D eigenvalue weighted by atomic mass is 127. The lowest BCUT2D eigenvalue weighted by Crippen LogP contribution is -2.28. The van der Waals surface area contributed by atoms with Crippen molar-refractivity contribution in [3.8, 4) is 11.1 Å². The molecule has 1 heterocycles. The summed E-state index contributed by atoms with van der Waals surface area (Å²) in [6, 6.07) is 27.0. The number of pyridine rings is 1. The summed E-state index contributed by atoms with van der Waals surface area (Å²) >= 11 is 3.41. The maximum Gasteiger partial charge on any atom is 0.319 e. The van der Waals surface area contributed by atoms with Gasteiger partial charge in [0.2, 0.25) is 1.68 Å². The quantitative estimate of drug-likeness (QED) is 0.128. The number of rotatable bonds is 9. The van der Waals surface area contributed by atoms with E-state index < -0.39 is 7.71 Å². The second-order valence-electron chi connectivity index (χ2n) is 8.42. The number of hydrogen-bond donors (Lipinski definition) is 3. The van der Waals surface area contributed by atoms with Crippen LogP contribution in [-0.2, 0) is 14.6 Å². The topological polar surface area (TPSA) is 83.1 Å². The number of carbonyl (C=O) groups excluding carboxylic acids is 2. The molecule has 38 heavy (non-hydrogen) atoms. The molecule has 3 aromatic carbocycles. The third-order valence-electron chi connectivity index (χ3n) is 5.76. The number of alkyl halides is 3. The molecule has 194 valence electrons. The van der Waals surface area contributed by atoms with Crippen LogP contribution in [0.2, 0.25) is 0 Å². The van der Waals surface area contributed by atoms with E-state index >= 15 is 0 Å². The summed E-state index contributed by atoms with van der Waals surface area (Å²) in [5.74, 6) is -0.175. The van der Waals surface area contributed by atoms with E-state index in [1.165, 1.54) is 0 Å². The molecule has 0 saturated heterocycles. The fraction of sp³-hybridized carbons (Fsp3) is 0.138. The Morgan fingerprint density at radius 3 is 2.34 bits per heavy atom. The van der Waals surface area contributed by atoms with Crippen LogP contribution < -0.4 is 16.0 Å². The van der Waals surface area contributed by atoms with E-state index in [0.29, 0.717) is 29.8 Å². The van der Waals surface area contributed by atoms with Crippen LogP contribution in [-0.4, -0.2) is 23.5 Å². The predicted molar refractivity (Wildman–Crippen MR) is 165 cm³/mol. The van der Waals surface area contributed by atoms with E-state index in [9.17, 15) is 14.0 Å². The number of halogens is 3. The molecule has 0 atom stereocenters. The maximum atomic E-state index is 14.3. The Morgan fingerprint density at radius 1 is 0.842 bits per heavy atom. The molecule has 3 N–H and O–H groups in total. The van der Waals surface area contributed by atoms with Crippen molar-refractivity contribution in [3.63, 3.8) is 0 Å². The first-order valence-corrected chi connectivity index (χ1v) is 14.0. The normalized spacial score (nSPS) is 11.0. The summed E-state index contributed by atoms with van der Waals surface area (Å²) < 4.78 is 12.7. The summed E-state index contributed by atoms with van der Waals surface area (Å²) in [4.78, 5) is 30.0. The lowest BCUT2D eigenvalue weighted by Gasteiger charge is -2.15. The Kier molecular flexibility index (Phi) is 9.67. The zero-order valence-corrected chi connectivity index (χ0v) is 24.6. The molecule has 0 bridgehead atoms. The molecule has 0 saturated carbocycles. The number of amides is 3. The molecule has 0 aliphatic carbocycles. The predicted octanol–water partition coefficient (Wildman–Crippen LogP) is 6.99. The molecule has 9 heteroatoms. The van der Waals surface area contributed by atoms with Crippen LogP contribution in [0.3, 0.4) is 0 Å². The van der Waals surface area contributed by atoms with Gasteiger partial charge in [-0.25, -0.2) is 9.18 Å². The molecular formula is C29H25FI2N4O2. The van der Waals surface area contributed by atoms with Gasteiger partial charge >= 0.3 is 6.03 Å². The average Bonchev–Trinajstić information content (AvgIpc) is 2.92. The first-order valence-electron chi connectivity index (χ1n) is 11.9. The van der Waals surface area contributed by atoms with Gasteiger partial charge in [0.05, 0.1) is 0 Å². The molecule has 4 aromatic rings. The fourth-order valence-electron chi connectivity index (χ4n) is 3.92. The van der Waals surface area contributed by atoms with Crippen LogP contribution in [0, 0.1) is 0 Å². The van der Waals surface area contributed by atoms with Gasteiger partial charge < -0.3 is 16.0 Å². The number of carbonyl (C=O) groups is 2. The Balaban J connectivity index is 1.44. The van der Waals surface area contributed by atoms with Crippen molar-refractivity contribution in [1.29, 1.82) is 0 Å². The zero-order valence-electron chi connectivity index (χ0n) is 20.3. The lowest BCUT2D eigenvalue weighted by atomic mass is 9.95. The molecule has 0 aliphatic heterocycles. The van der Waals surface area contributed by atoms with Crippen molar-refractivity contribution in [3.05, 3.63) is 120 Å². The fourth-order valence-corrected chi connectivity index (χ4v) is 4.59. The summed E-state index contributed by atoms with van der Waals surface area (Å²) in [5, 5.41) is 8.60. The monoisotopic (exact) mass is 734 g/mol. The number of aromatic nitrogens is 1. The standard InChI is InChI=1S/C29H25FI2N4O2/c30-29(31,32)21-9-7-11-23(18-21)36-28(38)35-19-20-8-1-2-12-24(20)25-13-3-4-14-26(25)27(37)34-17-15-22-10-5-6-16-33-22/h1-14,16,18H,15,17,19H2,(H,34,37)(H2,35,36,38). The minimum absolute atomic E-state index is 0.175. The third kappa shape index (κ3) is 7.73. The van der Waals surface area contributed by atoms with E-state index in [0.717, 1.165) is 22.4 Å². The average molecular weight is 734 g/mol. The number of nitrogens with one attached hydrogen (secondary N) is 3. The minimum atomic E-state index is -1.57. The van der Waals surface area contributed by atoms with Gasteiger partial charge in [0, 0.05) is 48.2 Å². The van der Waals surface area contributed by atoms with Gasteiger partial charge in [0.15, 0.2) is 0 Å². The minimum Gasteiger partial charge on any atom is -0.352 e. The van der Waals surface area contributed by atoms with E-state index in [1.54, 1.807) is 81.7 Å². The summed E-state index contributed by atoms with van der Waals surface area (Å²) in [6.07, 6.45) is 2.37. The first kappa shape index (κ1) is 28.0. The van der Waals surface area contributed by atoms with Crippen LogP contribution >= 0.6 is 45.2 Å². The molecule has 0 unspecified atom stereocenters. The number of anilines is 1. The summed E-state index contributed by atoms with van der Waals surface area (Å²) in [7, 11) is 0. The first-order chi connectivity index (χ1) is 18.3. The molecule has 4 rings (SSSR count). The molecule has 0 aliphatic rings. The van der Waals surface area contributed by atoms with E-state index in [2.05, 4.69) is 20.9 Å². The Bertz CT molecular complexity index is 1410. The van der Waals surface area contributed by atoms with Crippen molar-refractivity contribution in [1.82, 2.24) is 15.6 Å². The van der Waals surface area contributed by atoms with E-state index in [-0.39, 0.29) is 12.5 Å². The molecular weight excluding hydrogens is 709 g/mol. The number of nitrogens with zero attached hydrogens (tertiary/aromatic N) is 1. The maximum absolute atomic E-state index is 14.3. The highest BCUT2D eigenvalue weighted by Gasteiger charge is 2.23. The van der Waals surface area contributed by atoms with Gasteiger partial charge in [-0.15, -0.1) is 0 Å². The van der Waals surface area contributed by atoms with Gasteiger partial charge in [-0.3, -0.25) is 9.78 Å². The smallest absolute Gasteiger partial charge is 0.319 e. The van der Waals surface area contributed by atoms with Crippen molar-refractivity contribution in [2.75, 3.05) is 11.9 Å². The van der Waals surface area contributed by atoms with Gasteiger partial charge in [-0.1, -0.05) is 60.7 Å². The molecule has 0 fully saturated rings. The molecule has 6 nitrogen and oxygen atoms in total. The number of urea groups is 1. The Labute approximate surface area is 248 Å². The van der Waals surface area contributed by atoms with E-state index in [1.807, 2.05) is 60.7 Å². The Morgan fingerprint density at radius 2 is 1.58 bits per heavy atom. The van der Waals surface area contributed by atoms with Gasteiger partial charge in [-0.2, -0.15) is 0 Å².